The molecule has 0 bridgehead atoms. The second kappa shape index (κ2) is 5.97. The van der Waals surface area contributed by atoms with Crippen LogP contribution in [-0.4, -0.2) is 27.5 Å². The molecule has 0 radical (unpaired) electrons. The van der Waals surface area contributed by atoms with Gasteiger partial charge in [0.25, 0.3) is 0 Å². The van der Waals surface area contributed by atoms with Crippen LogP contribution >= 0.6 is 11.3 Å². The molecular weight excluding hydrogens is 286 g/mol. The summed E-state index contributed by atoms with van der Waals surface area (Å²) in [5.41, 5.74) is 1.31. The molecule has 0 saturated carbocycles. The average molecular weight is 305 g/mol. The van der Waals surface area contributed by atoms with E-state index in [1.807, 2.05) is 4.90 Å². The van der Waals surface area contributed by atoms with Crippen LogP contribution in [0.4, 0.5) is 0 Å². The van der Waals surface area contributed by atoms with Gasteiger partial charge in [-0.05, 0) is 43.7 Å². The number of hydrogen-bond acceptors (Lipinski definition) is 5. The molecular formula is C15H19N3O2S. The summed E-state index contributed by atoms with van der Waals surface area (Å²) in [5.74, 6) is 1.48. The van der Waals surface area contributed by atoms with Crippen molar-refractivity contribution in [3.8, 4) is 0 Å². The lowest BCUT2D eigenvalue weighted by molar-refractivity contribution is -0.133. The first-order valence-electron chi connectivity index (χ1n) is 7.30. The number of rotatable bonds is 4. The van der Waals surface area contributed by atoms with Crippen LogP contribution in [0.1, 0.15) is 48.0 Å². The largest absolute Gasteiger partial charge is 0.339 e. The van der Waals surface area contributed by atoms with E-state index in [4.69, 9.17) is 4.52 Å². The fourth-order valence-electron chi connectivity index (χ4n) is 2.83. The molecule has 1 aliphatic rings. The van der Waals surface area contributed by atoms with E-state index in [2.05, 4.69) is 28.5 Å². The van der Waals surface area contributed by atoms with E-state index in [9.17, 15) is 4.79 Å². The molecule has 0 fully saturated rings. The van der Waals surface area contributed by atoms with Crippen molar-refractivity contribution in [1.29, 1.82) is 0 Å². The maximum Gasteiger partial charge on any atom is 0.226 e. The molecule has 2 aromatic heterocycles. The van der Waals surface area contributed by atoms with Crippen molar-refractivity contribution in [3.63, 3.8) is 0 Å². The van der Waals surface area contributed by atoms with Gasteiger partial charge in [0, 0.05) is 24.3 Å². The Balaban J connectivity index is 1.54. The number of aryl methyl sites for hydroxylation is 2. The number of nitrogens with zero attached hydrogens (tertiary/aromatic N) is 3. The third-order valence-corrected chi connectivity index (χ3v) is 4.95. The molecule has 0 aliphatic carbocycles. The lowest BCUT2D eigenvalue weighted by atomic mass is 10.0. The minimum atomic E-state index is 0.193. The molecule has 3 rings (SSSR count). The van der Waals surface area contributed by atoms with Crippen LogP contribution in [0.5, 0.6) is 0 Å². The van der Waals surface area contributed by atoms with Gasteiger partial charge in [-0.25, -0.2) is 0 Å². The first-order valence-corrected chi connectivity index (χ1v) is 8.18. The van der Waals surface area contributed by atoms with Crippen molar-refractivity contribution >= 4 is 17.2 Å². The molecule has 1 atom stereocenters. The molecule has 0 unspecified atom stereocenters. The zero-order valence-corrected chi connectivity index (χ0v) is 13.2. The van der Waals surface area contributed by atoms with E-state index >= 15 is 0 Å². The van der Waals surface area contributed by atoms with E-state index in [1.165, 1.54) is 10.4 Å². The molecule has 0 spiro atoms. The van der Waals surface area contributed by atoms with Crippen molar-refractivity contribution in [1.82, 2.24) is 15.0 Å². The van der Waals surface area contributed by atoms with Gasteiger partial charge in [-0.1, -0.05) is 5.16 Å². The molecule has 3 heterocycles. The lowest BCUT2D eigenvalue weighted by Gasteiger charge is -2.33. The van der Waals surface area contributed by atoms with Crippen molar-refractivity contribution in [3.05, 3.63) is 33.6 Å². The highest BCUT2D eigenvalue weighted by Crippen LogP contribution is 2.33. The van der Waals surface area contributed by atoms with Crippen LogP contribution < -0.4 is 0 Å². The van der Waals surface area contributed by atoms with E-state index in [1.54, 1.807) is 18.3 Å². The summed E-state index contributed by atoms with van der Waals surface area (Å²) in [6.45, 7) is 4.74. The zero-order chi connectivity index (χ0) is 14.8. The summed E-state index contributed by atoms with van der Waals surface area (Å²) in [7, 11) is 0. The van der Waals surface area contributed by atoms with Gasteiger partial charge >= 0.3 is 0 Å². The minimum absolute atomic E-state index is 0.193. The number of thiophene rings is 1. The summed E-state index contributed by atoms with van der Waals surface area (Å²) >= 11 is 1.79. The number of amides is 1. The molecule has 0 N–H and O–H groups in total. The normalized spacial score (nSPS) is 17.8. The fourth-order valence-corrected chi connectivity index (χ4v) is 3.79. The van der Waals surface area contributed by atoms with Crippen molar-refractivity contribution < 1.29 is 9.32 Å². The summed E-state index contributed by atoms with van der Waals surface area (Å²) in [6.07, 6.45) is 2.93. The van der Waals surface area contributed by atoms with Gasteiger partial charge in [0.15, 0.2) is 5.82 Å². The molecule has 6 heteroatoms. The molecule has 5 nitrogen and oxygen atoms in total. The smallest absolute Gasteiger partial charge is 0.226 e. The highest BCUT2D eigenvalue weighted by molar-refractivity contribution is 7.10. The highest BCUT2D eigenvalue weighted by Gasteiger charge is 2.27. The van der Waals surface area contributed by atoms with Gasteiger partial charge in [0.1, 0.15) is 0 Å². The predicted molar refractivity (Wildman–Crippen MR) is 80.1 cm³/mol. The van der Waals surface area contributed by atoms with Crippen LogP contribution in [0.15, 0.2) is 16.0 Å². The predicted octanol–water partition coefficient (Wildman–Crippen LogP) is 2.91. The summed E-state index contributed by atoms with van der Waals surface area (Å²) in [5, 5.41) is 5.87. The molecule has 21 heavy (non-hydrogen) atoms. The molecule has 2 aromatic rings. The number of carbonyl (C=O) groups excluding carboxylic acids is 1. The molecule has 112 valence electrons. The second-order valence-corrected chi connectivity index (χ2v) is 6.40. The Morgan fingerprint density at radius 1 is 1.57 bits per heavy atom. The SMILES string of the molecule is Cc1noc(CCCC(=O)N2CCc3sccc3[C@H]2C)n1. The van der Waals surface area contributed by atoms with E-state index < -0.39 is 0 Å². The van der Waals surface area contributed by atoms with Gasteiger partial charge in [0.05, 0.1) is 6.04 Å². The van der Waals surface area contributed by atoms with Gasteiger partial charge in [-0.15, -0.1) is 11.3 Å². The van der Waals surface area contributed by atoms with E-state index in [-0.39, 0.29) is 11.9 Å². The Morgan fingerprint density at radius 3 is 3.19 bits per heavy atom. The quantitative estimate of drug-likeness (QED) is 0.871. The van der Waals surface area contributed by atoms with E-state index in [0.717, 1.165) is 19.4 Å². The van der Waals surface area contributed by atoms with Gasteiger partial charge in [-0.3, -0.25) is 4.79 Å². The maximum atomic E-state index is 12.4. The van der Waals surface area contributed by atoms with Crippen LogP contribution in [0.3, 0.4) is 0 Å². The van der Waals surface area contributed by atoms with Crippen molar-refractivity contribution in [2.45, 2.75) is 45.6 Å². The third-order valence-electron chi connectivity index (χ3n) is 3.95. The van der Waals surface area contributed by atoms with Crippen molar-refractivity contribution in [2.24, 2.45) is 0 Å². The number of fused-ring (bicyclic) bond motifs is 1. The summed E-state index contributed by atoms with van der Waals surface area (Å²) in [6, 6.07) is 2.34. The monoisotopic (exact) mass is 305 g/mol. The summed E-state index contributed by atoms with van der Waals surface area (Å²) < 4.78 is 5.06. The zero-order valence-electron chi connectivity index (χ0n) is 12.3. The standard InChI is InChI=1S/C15H19N3O2S/c1-10-12-7-9-21-13(12)6-8-18(10)15(19)5-3-4-14-16-11(2)17-20-14/h7,9-10H,3-6,8H2,1-2H3/t10-/m1/s1. The average Bonchev–Trinajstić information content (AvgIpc) is 3.08. The number of carbonyl (C=O) groups is 1. The van der Waals surface area contributed by atoms with Crippen LogP contribution in [0, 0.1) is 6.92 Å². The van der Waals surface area contributed by atoms with Crippen LogP contribution in [0.2, 0.25) is 0 Å². The third kappa shape index (κ3) is 3.00. The molecule has 0 aromatic carbocycles. The Bertz CT molecular complexity index is 634. The second-order valence-electron chi connectivity index (χ2n) is 5.40. The number of hydrogen-bond donors (Lipinski definition) is 0. The molecule has 1 aliphatic heterocycles. The Hall–Kier alpha value is -1.69. The molecule has 0 saturated heterocycles. The number of aromatic nitrogens is 2. The topological polar surface area (TPSA) is 59.2 Å². The van der Waals surface area contributed by atoms with E-state index in [0.29, 0.717) is 24.6 Å². The maximum absolute atomic E-state index is 12.4. The Morgan fingerprint density at radius 2 is 2.43 bits per heavy atom. The Kier molecular flexibility index (Phi) is 4.05. The van der Waals surface area contributed by atoms with Gasteiger partial charge in [0.2, 0.25) is 11.8 Å². The molecule has 1 amide bonds. The van der Waals surface area contributed by atoms with Gasteiger partial charge < -0.3 is 9.42 Å². The highest BCUT2D eigenvalue weighted by atomic mass is 32.1. The lowest BCUT2D eigenvalue weighted by Crippen LogP contribution is -2.38. The summed E-state index contributed by atoms with van der Waals surface area (Å²) in [4.78, 5) is 20.0. The van der Waals surface area contributed by atoms with Crippen LogP contribution in [0.25, 0.3) is 0 Å². The van der Waals surface area contributed by atoms with Crippen molar-refractivity contribution in [2.75, 3.05) is 6.54 Å². The first kappa shape index (κ1) is 14.3. The fraction of sp³-hybridized carbons (Fsp3) is 0.533. The minimum Gasteiger partial charge on any atom is -0.339 e. The van der Waals surface area contributed by atoms with Crippen LogP contribution in [-0.2, 0) is 17.6 Å². The Labute approximate surface area is 128 Å². The van der Waals surface area contributed by atoms with Gasteiger partial charge in [-0.2, -0.15) is 4.98 Å². The first-order chi connectivity index (χ1) is 10.1.